The molecule has 2 unspecified atom stereocenters. The minimum Gasteiger partial charge on any atom is -0.210 e. The molecule has 0 saturated carbocycles. The molecular formula is C29H31ClN2O2S. The number of aryl methyl sites for hydroxylation is 1. The minimum absolute atomic E-state index is 0.233. The molecule has 4 rings (SSSR count). The first-order valence-electron chi connectivity index (χ1n) is 11.9. The van der Waals surface area contributed by atoms with Crippen LogP contribution in [0.25, 0.3) is 0 Å². The molecule has 3 aromatic rings. The van der Waals surface area contributed by atoms with Crippen molar-refractivity contribution in [2.75, 3.05) is 6.54 Å². The van der Waals surface area contributed by atoms with E-state index in [1.807, 2.05) is 67.6 Å². The predicted molar refractivity (Wildman–Crippen MR) is 143 cm³/mol. The van der Waals surface area contributed by atoms with Crippen molar-refractivity contribution in [1.29, 1.82) is 0 Å². The van der Waals surface area contributed by atoms with Gasteiger partial charge in [0.2, 0.25) is 10.0 Å². The third kappa shape index (κ3) is 6.71. The van der Waals surface area contributed by atoms with E-state index in [4.69, 9.17) is 11.8 Å². The van der Waals surface area contributed by atoms with Gasteiger partial charge in [0.1, 0.15) is 0 Å². The molecule has 4 nitrogen and oxygen atoms in total. The molecule has 0 aromatic heterocycles. The smallest absolute Gasteiger partial charge is 0.210 e. The van der Waals surface area contributed by atoms with Gasteiger partial charge in [-0.25, -0.2) is 17.6 Å². The standard InChI is InChI=1S/C29H31ClN2O2S/c1-23-17-19-27(20-18-23)35(33,34)31-28(25-13-7-3-8-14-25)29(26-15-9-4-10-16-26)32(30)22-21-24-11-5-2-6-12-24/h2-5,7-10,12-20,28-29,31H,6,11,21-22H2,1H3. The fourth-order valence-electron chi connectivity index (χ4n) is 4.34. The Morgan fingerprint density at radius 2 is 1.51 bits per heavy atom. The van der Waals surface area contributed by atoms with Crippen LogP contribution in [-0.2, 0) is 10.0 Å². The molecule has 0 spiro atoms. The molecule has 6 heteroatoms. The summed E-state index contributed by atoms with van der Waals surface area (Å²) >= 11 is 6.99. The van der Waals surface area contributed by atoms with Gasteiger partial charge in [0.25, 0.3) is 0 Å². The highest BCUT2D eigenvalue weighted by Crippen LogP contribution is 2.37. The Morgan fingerprint density at radius 3 is 2.11 bits per heavy atom. The molecule has 2 atom stereocenters. The Bertz CT molecular complexity index is 1260. The summed E-state index contributed by atoms with van der Waals surface area (Å²) in [5.41, 5.74) is 4.15. The van der Waals surface area contributed by atoms with E-state index in [1.165, 1.54) is 5.57 Å². The number of hydrogen-bond acceptors (Lipinski definition) is 3. The average Bonchev–Trinajstić information content (AvgIpc) is 2.89. The lowest BCUT2D eigenvalue weighted by atomic mass is 9.93. The molecule has 0 heterocycles. The van der Waals surface area contributed by atoms with Crippen LogP contribution in [0.2, 0.25) is 0 Å². The van der Waals surface area contributed by atoms with E-state index in [9.17, 15) is 8.42 Å². The van der Waals surface area contributed by atoms with Gasteiger partial charge in [-0.05, 0) is 61.2 Å². The van der Waals surface area contributed by atoms with Gasteiger partial charge in [-0.2, -0.15) is 0 Å². The van der Waals surface area contributed by atoms with Crippen molar-refractivity contribution >= 4 is 21.8 Å². The molecule has 0 bridgehead atoms. The molecule has 1 N–H and O–H groups in total. The second-order valence-corrected chi connectivity index (χ2v) is 11.0. The van der Waals surface area contributed by atoms with Crippen molar-refractivity contribution in [1.82, 2.24) is 9.14 Å². The summed E-state index contributed by atoms with van der Waals surface area (Å²) in [7, 11) is -3.80. The first-order valence-corrected chi connectivity index (χ1v) is 13.7. The first kappa shape index (κ1) is 25.4. The maximum atomic E-state index is 13.5. The maximum Gasteiger partial charge on any atom is 0.241 e. The van der Waals surface area contributed by atoms with Crippen molar-refractivity contribution in [2.45, 2.75) is 43.2 Å². The monoisotopic (exact) mass is 506 g/mol. The lowest BCUT2D eigenvalue weighted by Gasteiger charge is -2.34. The van der Waals surface area contributed by atoms with Gasteiger partial charge >= 0.3 is 0 Å². The van der Waals surface area contributed by atoms with Crippen LogP contribution in [0.3, 0.4) is 0 Å². The Morgan fingerprint density at radius 1 is 0.886 bits per heavy atom. The van der Waals surface area contributed by atoms with Crippen molar-refractivity contribution in [3.63, 3.8) is 0 Å². The number of allylic oxidation sites excluding steroid dienone is 3. The van der Waals surface area contributed by atoms with Crippen LogP contribution in [0.1, 0.15) is 48.0 Å². The summed E-state index contributed by atoms with van der Waals surface area (Å²) in [6.07, 6.45) is 9.30. The Hall–Kier alpha value is -2.70. The highest BCUT2D eigenvalue weighted by atomic mass is 35.5. The fraction of sp³-hybridized carbons (Fsp3) is 0.241. The van der Waals surface area contributed by atoms with Gasteiger partial charge in [-0.15, -0.1) is 0 Å². The Kier molecular flexibility index (Phi) is 8.58. The zero-order valence-electron chi connectivity index (χ0n) is 19.8. The van der Waals surface area contributed by atoms with Crippen LogP contribution in [0.5, 0.6) is 0 Å². The second-order valence-electron chi connectivity index (χ2n) is 8.83. The number of hydrogen-bond donors (Lipinski definition) is 1. The quantitative estimate of drug-likeness (QED) is 0.241. The molecule has 35 heavy (non-hydrogen) atoms. The third-order valence-corrected chi connectivity index (χ3v) is 8.10. The summed E-state index contributed by atoms with van der Waals surface area (Å²) in [5, 5.41) is 0. The normalized spacial score (nSPS) is 15.6. The molecular weight excluding hydrogens is 476 g/mol. The number of nitrogens with one attached hydrogen (secondary N) is 1. The van der Waals surface area contributed by atoms with Gasteiger partial charge < -0.3 is 0 Å². The van der Waals surface area contributed by atoms with Crippen LogP contribution in [-0.4, -0.2) is 19.4 Å². The SMILES string of the molecule is Cc1ccc(S(=O)(=O)NC(c2ccccc2)C(c2ccccc2)N(Cl)CCC2=CCC=CC2)cc1. The van der Waals surface area contributed by atoms with E-state index >= 15 is 0 Å². The lowest BCUT2D eigenvalue weighted by molar-refractivity contribution is 0.289. The van der Waals surface area contributed by atoms with Crippen molar-refractivity contribution in [2.24, 2.45) is 0 Å². The van der Waals surface area contributed by atoms with Crippen LogP contribution in [0, 0.1) is 6.92 Å². The first-order chi connectivity index (χ1) is 16.9. The molecule has 1 aliphatic carbocycles. The van der Waals surface area contributed by atoms with Gasteiger partial charge in [-0.3, -0.25) is 0 Å². The summed E-state index contributed by atoms with van der Waals surface area (Å²) in [5.74, 6) is 0. The molecule has 0 fully saturated rings. The van der Waals surface area contributed by atoms with Crippen molar-refractivity contribution < 1.29 is 8.42 Å². The van der Waals surface area contributed by atoms with E-state index in [0.29, 0.717) is 6.54 Å². The molecule has 0 saturated heterocycles. The Balaban J connectivity index is 1.70. The Labute approximate surface area is 214 Å². The third-order valence-electron chi connectivity index (χ3n) is 6.27. The lowest BCUT2D eigenvalue weighted by Crippen LogP contribution is -2.38. The molecule has 0 radical (unpaired) electrons. The van der Waals surface area contributed by atoms with E-state index in [1.54, 1.807) is 28.7 Å². The zero-order chi connectivity index (χ0) is 24.7. The highest BCUT2D eigenvalue weighted by molar-refractivity contribution is 7.89. The predicted octanol–water partition coefficient (Wildman–Crippen LogP) is 6.88. The van der Waals surface area contributed by atoms with Crippen molar-refractivity contribution in [3.05, 3.63) is 125 Å². The topological polar surface area (TPSA) is 49.4 Å². The van der Waals surface area contributed by atoms with E-state index in [0.717, 1.165) is 36.0 Å². The molecule has 1 aliphatic rings. The molecule has 0 aliphatic heterocycles. The van der Waals surface area contributed by atoms with Crippen LogP contribution < -0.4 is 4.72 Å². The number of nitrogens with zero attached hydrogens (tertiary/aromatic N) is 1. The largest absolute Gasteiger partial charge is 0.241 e. The summed E-state index contributed by atoms with van der Waals surface area (Å²) < 4.78 is 31.7. The number of sulfonamides is 1. The average molecular weight is 507 g/mol. The van der Waals surface area contributed by atoms with E-state index < -0.39 is 22.1 Å². The van der Waals surface area contributed by atoms with Crippen LogP contribution in [0.15, 0.2) is 114 Å². The van der Waals surface area contributed by atoms with Crippen molar-refractivity contribution in [3.8, 4) is 0 Å². The molecule has 182 valence electrons. The van der Waals surface area contributed by atoms with Gasteiger partial charge in [0, 0.05) is 6.54 Å². The number of rotatable bonds is 10. The van der Waals surface area contributed by atoms with Crippen LogP contribution in [0.4, 0.5) is 0 Å². The zero-order valence-corrected chi connectivity index (χ0v) is 21.4. The number of halogens is 1. The summed E-state index contributed by atoms with van der Waals surface area (Å²) in [6, 6.07) is 25.4. The van der Waals surface area contributed by atoms with Gasteiger partial charge in [0.05, 0.1) is 17.0 Å². The van der Waals surface area contributed by atoms with Gasteiger partial charge in [0.15, 0.2) is 0 Å². The van der Waals surface area contributed by atoms with E-state index in [2.05, 4.69) is 23.0 Å². The fourth-order valence-corrected chi connectivity index (χ4v) is 5.88. The second kappa shape index (κ2) is 11.8. The minimum atomic E-state index is -3.80. The van der Waals surface area contributed by atoms with Gasteiger partial charge in [-0.1, -0.05) is 102 Å². The van der Waals surface area contributed by atoms with Crippen LogP contribution >= 0.6 is 11.8 Å². The van der Waals surface area contributed by atoms with E-state index in [-0.39, 0.29) is 4.90 Å². The maximum absolute atomic E-state index is 13.5. The molecule has 3 aromatic carbocycles. The number of benzene rings is 3. The molecule has 0 amide bonds. The summed E-state index contributed by atoms with van der Waals surface area (Å²) in [4.78, 5) is 0.233. The summed E-state index contributed by atoms with van der Waals surface area (Å²) in [6.45, 7) is 2.53. The highest BCUT2D eigenvalue weighted by Gasteiger charge is 2.33.